The third-order valence-corrected chi connectivity index (χ3v) is 17.3. The number of hydrogen-bond donors (Lipinski definition) is 0. The topological polar surface area (TPSA) is 8.17 Å². The molecule has 2 heteroatoms. The lowest BCUT2D eigenvalue weighted by molar-refractivity contribution is 0.568. The molecule has 82 heavy (non-hydrogen) atoms. The lowest BCUT2D eigenvalue weighted by atomic mass is 9.78. The highest BCUT2D eigenvalue weighted by atomic mass is 15.1. The smallest absolute Gasteiger partial charge is 0.0541 e. The molecule has 1 heterocycles. The minimum Gasteiger partial charge on any atom is -0.310 e. The first kappa shape index (κ1) is 52.6. The van der Waals surface area contributed by atoms with Crippen molar-refractivity contribution in [2.45, 2.75) is 105 Å². The second-order valence-corrected chi connectivity index (χ2v) is 27.2. The van der Waals surface area contributed by atoms with Gasteiger partial charge in [-0.05, 0) is 171 Å². The lowest BCUT2D eigenvalue weighted by Crippen LogP contribution is -2.16. The molecule has 0 radical (unpaired) electrons. The van der Waals surface area contributed by atoms with Crippen LogP contribution >= 0.6 is 0 Å². The van der Waals surface area contributed by atoms with E-state index in [9.17, 15) is 0 Å². The number of anilines is 3. The molecule has 0 bridgehead atoms. The van der Waals surface area contributed by atoms with Crippen LogP contribution in [0.3, 0.4) is 0 Å². The van der Waals surface area contributed by atoms with Gasteiger partial charge in [0, 0.05) is 32.9 Å². The molecule has 0 atom stereocenters. The van der Waals surface area contributed by atoms with Crippen LogP contribution in [-0.4, -0.2) is 4.57 Å². The molecule has 12 aromatic carbocycles. The lowest BCUT2D eigenvalue weighted by Gasteiger charge is -2.28. The molecule has 0 N–H and O–H groups in total. The zero-order chi connectivity index (χ0) is 57.0. The van der Waals surface area contributed by atoms with Gasteiger partial charge < -0.3 is 9.47 Å². The molecule has 13 aromatic rings. The third kappa shape index (κ3) is 9.42. The molecule has 0 spiro atoms. The third-order valence-electron chi connectivity index (χ3n) is 17.3. The zero-order valence-corrected chi connectivity index (χ0v) is 49.8. The summed E-state index contributed by atoms with van der Waals surface area (Å²) in [5.41, 5.74) is 22.0. The van der Waals surface area contributed by atoms with E-state index >= 15 is 0 Å². The molecule has 404 valence electrons. The highest BCUT2D eigenvalue weighted by Gasteiger charge is 2.26. The van der Waals surface area contributed by atoms with E-state index in [0.29, 0.717) is 0 Å². The molecular formula is C80H74N2. The Labute approximate surface area is 485 Å². The Hall–Kier alpha value is -8.72. The summed E-state index contributed by atoms with van der Waals surface area (Å²) in [5, 5.41) is 9.92. The van der Waals surface area contributed by atoms with Crippen molar-refractivity contribution in [3.8, 4) is 50.2 Å². The summed E-state index contributed by atoms with van der Waals surface area (Å²) in [4.78, 5) is 2.46. The molecule has 0 saturated heterocycles. The first-order valence-electron chi connectivity index (χ1n) is 29.4. The van der Waals surface area contributed by atoms with Crippen molar-refractivity contribution in [2.24, 2.45) is 0 Å². The van der Waals surface area contributed by atoms with Crippen LogP contribution in [0.15, 0.2) is 231 Å². The summed E-state index contributed by atoms with van der Waals surface area (Å²) in [6.45, 7) is 28.0. The van der Waals surface area contributed by atoms with Crippen molar-refractivity contribution in [2.75, 3.05) is 4.90 Å². The monoisotopic (exact) mass is 1060 g/mol. The van der Waals surface area contributed by atoms with Gasteiger partial charge in [0.2, 0.25) is 0 Å². The largest absolute Gasteiger partial charge is 0.310 e. The van der Waals surface area contributed by atoms with E-state index in [-0.39, 0.29) is 21.7 Å². The van der Waals surface area contributed by atoms with Crippen LogP contribution in [0, 0.1) is 0 Å². The molecule has 0 aliphatic heterocycles. The van der Waals surface area contributed by atoms with Crippen LogP contribution < -0.4 is 4.90 Å². The first-order chi connectivity index (χ1) is 39.2. The van der Waals surface area contributed by atoms with E-state index in [1.807, 2.05) is 0 Å². The molecule has 0 amide bonds. The number of fused-ring (bicyclic) bond motifs is 3. The second-order valence-electron chi connectivity index (χ2n) is 27.2. The first-order valence-corrected chi connectivity index (χ1v) is 29.4. The summed E-state index contributed by atoms with van der Waals surface area (Å²) in [5.74, 6) is 0. The average Bonchev–Trinajstić information content (AvgIpc) is 2.57. The Bertz CT molecular complexity index is 4370. The highest BCUT2D eigenvalue weighted by molar-refractivity contribution is 6.27. The fraction of sp³-hybridized carbons (Fsp3) is 0.200. The van der Waals surface area contributed by atoms with E-state index in [1.54, 1.807) is 0 Å². The van der Waals surface area contributed by atoms with Crippen molar-refractivity contribution in [3.63, 3.8) is 0 Å². The predicted octanol–water partition coefficient (Wildman–Crippen LogP) is 23.0. The van der Waals surface area contributed by atoms with Crippen LogP contribution in [0.25, 0.3) is 104 Å². The summed E-state index contributed by atoms with van der Waals surface area (Å²) in [6, 6.07) is 87.4. The fourth-order valence-electron chi connectivity index (χ4n) is 12.4. The van der Waals surface area contributed by atoms with Crippen molar-refractivity contribution >= 4 is 71.2 Å². The summed E-state index contributed by atoms with van der Waals surface area (Å²) in [6.07, 6.45) is 0. The predicted molar refractivity (Wildman–Crippen MR) is 356 cm³/mol. The van der Waals surface area contributed by atoms with Crippen LogP contribution in [-0.2, 0) is 21.7 Å². The molecule has 2 nitrogen and oxygen atoms in total. The molecule has 1 aromatic heterocycles. The summed E-state index contributed by atoms with van der Waals surface area (Å²) >= 11 is 0. The van der Waals surface area contributed by atoms with Gasteiger partial charge in [-0.3, -0.25) is 0 Å². The van der Waals surface area contributed by atoms with Gasteiger partial charge in [-0.15, -0.1) is 0 Å². The van der Waals surface area contributed by atoms with Crippen LogP contribution in [0.5, 0.6) is 0 Å². The van der Waals surface area contributed by atoms with Gasteiger partial charge >= 0.3 is 0 Å². The minimum absolute atomic E-state index is 0.00576. The number of nitrogens with zero attached hydrogens (tertiary/aromatic N) is 2. The second kappa shape index (κ2) is 19.5. The van der Waals surface area contributed by atoms with E-state index in [4.69, 9.17) is 0 Å². The fourth-order valence-corrected chi connectivity index (χ4v) is 12.4. The van der Waals surface area contributed by atoms with Gasteiger partial charge in [0.25, 0.3) is 0 Å². The Morgan fingerprint density at radius 1 is 0.268 bits per heavy atom. The zero-order valence-electron chi connectivity index (χ0n) is 49.8. The summed E-state index contributed by atoms with van der Waals surface area (Å²) < 4.78 is 2.55. The maximum absolute atomic E-state index is 2.55. The Kier molecular flexibility index (Phi) is 12.5. The van der Waals surface area contributed by atoms with Crippen molar-refractivity contribution in [3.05, 3.63) is 253 Å². The average molecular weight is 1060 g/mol. The van der Waals surface area contributed by atoms with Crippen molar-refractivity contribution < 1.29 is 0 Å². The van der Waals surface area contributed by atoms with Crippen LogP contribution in [0.4, 0.5) is 17.1 Å². The summed E-state index contributed by atoms with van der Waals surface area (Å²) in [7, 11) is 0. The molecule has 0 unspecified atom stereocenters. The van der Waals surface area contributed by atoms with Gasteiger partial charge in [-0.25, -0.2) is 0 Å². The normalized spacial score (nSPS) is 12.6. The van der Waals surface area contributed by atoms with Gasteiger partial charge in [0.15, 0.2) is 0 Å². The van der Waals surface area contributed by atoms with E-state index in [0.717, 1.165) is 17.1 Å². The maximum atomic E-state index is 2.55. The highest BCUT2D eigenvalue weighted by Crippen LogP contribution is 2.48. The van der Waals surface area contributed by atoms with E-state index in [2.05, 4.69) is 323 Å². The Balaban J connectivity index is 1.04. The van der Waals surface area contributed by atoms with Gasteiger partial charge in [-0.1, -0.05) is 253 Å². The van der Waals surface area contributed by atoms with Crippen LogP contribution in [0.1, 0.15) is 105 Å². The van der Waals surface area contributed by atoms with Crippen LogP contribution in [0.2, 0.25) is 0 Å². The van der Waals surface area contributed by atoms with E-state index in [1.165, 1.54) is 127 Å². The molecular weight excluding hydrogens is 989 g/mol. The van der Waals surface area contributed by atoms with Gasteiger partial charge in [-0.2, -0.15) is 0 Å². The number of aromatic nitrogens is 1. The number of rotatable bonds is 8. The van der Waals surface area contributed by atoms with Gasteiger partial charge in [0.1, 0.15) is 0 Å². The standard InChI is InChI=1S/C80H74N2/c1-77(2,3)61-42-59(43-62(49-61)78(4,5)6)57-32-40-73-69(47-57)70-48-58(60-44-63(79(7,8)9)50-64(45-60)80(10,11)12)33-41-74(70)82(73)72-39-31-55-28-36-67-71(38-30-54-29-37-68(72)76(55)75(54)67)81(65-34-26-53(27-35-65)51-20-15-13-16-21-51)66-25-19-24-56(46-66)52-22-17-14-18-23-52/h13-50H,1-12H3. The van der Waals surface area contributed by atoms with Crippen molar-refractivity contribution in [1.29, 1.82) is 0 Å². The molecule has 13 rings (SSSR count). The van der Waals surface area contributed by atoms with E-state index < -0.39 is 0 Å². The number of benzene rings is 12. The maximum Gasteiger partial charge on any atom is 0.0541 e. The van der Waals surface area contributed by atoms with Crippen molar-refractivity contribution in [1.82, 2.24) is 4.57 Å². The quantitative estimate of drug-likeness (QED) is 0.138. The molecule has 0 aliphatic rings. The molecule has 0 aliphatic carbocycles. The minimum atomic E-state index is -0.00576. The Morgan fingerprint density at radius 3 is 1.17 bits per heavy atom. The Morgan fingerprint density at radius 2 is 0.671 bits per heavy atom. The molecule has 0 fully saturated rings. The molecule has 0 saturated carbocycles. The number of hydrogen-bond acceptors (Lipinski definition) is 1. The van der Waals surface area contributed by atoms with Gasteiger partial charge in [0.05, 0.1) is 22.4 Å². The SMILES string of the molecule is CC(C)(C)c1cc(-c2ccc3c(c2)c2cc(-c4cc(C(C)(C)C)cc(C(C)(C)C)c4)ccc2n3-c2ccc3ccc4c(N(c5ccc(-c6ccccc6)cc5)c5cccc(-c6ccccc6)c5)ccc5ccc2c3c54)cc(C(C)(C)C)c1.